The molecule has 1 rings (SSSR count). The highest BCUT2D eigenvalue weighted by Crippen LogP contribution is 2.21. The van der Waals surface area contributed by atoms with E-state index in [2.05, 4.69) is 5.32 Å². The Hall–Kier alpha value is -2.39. The Balaban J connectivity index is 2.83. The molecule has 0 aliphatic rings. The second-order valence-corrected chi connectivity index (χ2v) is 3.19. The lowest BCUT2D eigenvalue weighted by Crippen LogP contribution is -2.02. The van der Waals surface area contributed by atoms with Crippen LogP contribution in [-0.4, -0.2) is 18.0 Å². The highest BCUT2D eigenvalue weighted by atomic mass is 16.6. The van der Waals surface area contributed by atoms with Gasteiger partial charge in [0, 0.05) is 25.2 Å². The summed E-state index contributed by atoms with van der Waals surface area (Å²) in [6, 6.07) is 6.04. The van der Waals surface area contributed by atoms with Gasteiger partial charge in [0.1, 0.15) is 6.07 Å². The Kier molecular flexibility index (Phi) is 4.66. The van der Waals surface area contributed by atoms with Crippen molar-refractivity contribution in [1.82, 2.24) is 0 Å². The molecule has 6 heteroatoms. The molecule has 0 amide bonds. The number of nitrogens with zero attached hydrogens (tertiary/aromatic N) is 2. The number of non-ortho nitro benzene ring substituents is 1. The smallest absolute Gasteiger partial charge is 0.270 e. The van der Waals surface area contributed by atoms with Crippen LogP contribution in [0.15, 0.2) is 30.4 Å². The van der Waals surface area contributed by atoms with Gasteiger partial charge in [0.25, 0.3) is 5.69 Å². The van der Waals surface area contributed by atoms with Gasteiger partial charge in [0.05, 0.1) is 16.2 Å². The SMILES string of the molecule is N#Cc1cc([N+](=O)[O-])ccc1NC/C=C/CN. The third kappa shape index (κ3) is 3.59. The lowest BCUT2D eigenvalue weighted by atomic mass is 10.1. The van der Waals surface area contributed by atoms with Crippen molar-refractivity contribution in [1.29, 1.82) is 5.26 Å². The average molecular weight is 232 g/mol. The molecule has 1 aromatic carbocycles. The molecule has 0 heterocycles. The Bertz CT molecular complexity index is 477. The fourth-order valence-corrected chi connectivity index (χ4v) is 1.24. The number of rotatable bonds is 5. The standard InChI is InChI=1S/C11H12N4O2/c12-5-1-2-6-14-11-4-3-10(15(16)17)7-9(11)8-13/h1-4,7,14H,5-6,12H2/b2-1+. The number of hydrogen-bond donors (Lipinski definition) is 2. The summed E-state index contributed by atoms with van der Waals surface area (Å²) in [7, 11) is 0. The van der Waals surface area contributed by atoms with E-state index in [4.69, 9.17) is 11.0 Å². The predicted molar refractivity (Wildman–Crippen MR) is 64.5 cm³/mol. The summed E-state index contributed by atoms with van der Waals surface area (Å²) in [5.41, 5.74) is 6.00. The van der Waals surface area contributed by atoms with Crippen LogP contribution in [0.5, 0.6) is 0 Å². The van der Waals surface area contributed by atoms with E-state index in [0.29, 0.717) is 18.8 Å². The van der Waals surface area contributed by atoms with Crippen LogP contribution in [0.2, 0.25) is 0 Å². The van der Waals surface area contributed by atoms with Crippen molar-refractivity contribution in [3.8, 4) is 6.07 Å². The van der Waals surface area contributed by atoms with Crippen molar-refractivity contribution < 1.29 is 4.92 Å². The Morgan fingerprint density at radius 3 is 2.88 bits per heavy atom. The maximum absolute atomic E-state index is 10.5. The molecular formula is C11H12N4O2. The first-order valence-corrected chi connectivity index (χ1v) is 4.96. The lowest BCUT2D eigenvalue weighted by Gasteiger charge is -2.05. The molecule has 0 atom stereocenters. The minimum atomic E-state index is -0.529. The van der Waals surface area contributed by atoms with E-state index in [1.54, 1.807) is 6.08 Å². The number of nitro groups is 1. The van der Waals surface area contributed by atoms with Crippen molar-refractivity contribution in [2.45, 2.75) is 0 Å². The molecule has 0 saturated heterocycles. The van der Waals surface area contributed by atoms with E-state index in [-0.39, 0.29) is 11.3 Å². The molecule has 0 fully saturated rings. The van der Waals surface area contributed by atoms with E-state index in [1.165, 1.54) is 18.2 Å². The van der Waals surface area contributed by atoms with Crippen LogP contribution in [0, 0.1) is 21.4 Å². The third-order valence-corrected chi connectivity index (χ3v) is 2.05. The van der Waals surface area contributed by atoms with Gasteiger partial charge in [-0.15, -0.1) is 0 Å². The monoisotopic (exact) mass is 232 g/mol. The van der Waals surface area contributed by atoms with Gasteiger partial charge < -0.3 is 11.1 Å². The van der Waals surface area contributed by atoms with Crippen molar-refractivity contribution in [3.63, 3.8) is 0 Å². The lowest BCUT2D eigenvalue weighted by molar-refractivity contribution is -0.384. The molecule has 0 aliphatic heterocycles. The average Bonchev–Trinajstić information content (AvgIpc) is 2.34. The molecule has 1 aromatic rings. The normalized spacial score (nSPS) is 10.1. The van der Waals surface area contributed by atoms with E-state index < -0.39 is 4.92 Å². The zero-order chi connectivity index (χ0) is 12.7. The fourth-order valence-electron chi connectivity index (χ4n) is 1.24. The molecule has 0 unspecified atom stereocenters. The van der Waals surface area contributed by atoms with E-state index >= 15 is 0 Å². The van der Waals surface area contributed by atoms with Crippen LogP contribution in [-0.2, 0) is 0 Å². The highest BCUT2D eigenvalue weighted by Gasteiger charge is 2.09. The number of hydrogen-bond acceptors (Lipinski definition) is 5. The number of benzene rings is 1. The maximum atomic E-state index is 10.5. The Morgan fingerprint density at radius 2 is 2.29 bits per heavy atom. The second-order valence-electron chi connectivity index (χ2n) is 3.19. The topological polar surface area (TPSA) is 105 Å². The molecule has 0 saturated carbocycles. The van der Waals surface area contributed by atoms with Crippen molar-refractivity contribution >= 4 is 11.4 Å². The van der Waals surface area contributed by atoms with E-state index in [9.17, 15) is 10.1 Å². The summed E-state index contributed by atoms with van der Waals surface area (Å²) >= 11 is 0. The minimum Gasteiger partial charge on any atom is -0.380 e. The number of nitro benzene ring substituents is 1. The summed E-state index contributed by atoms with van der Waals surface area (Å²) in [4.78, 5) is 10.0. The number of nitrogens with two attached hydrogens (primary N) is 1. The summed E-state index contributed by atoms with van der Waals surface area (Å²) in [5.74, 6) is 0. The van der Waals surface area contributed by atoms with Crippen LogP contribution in [0.1, 0.15) is 5.56 Å². The molecule has 88 valence electrons. The summed E-state index contributed by atoms with van der Waals surface area (Å²) in [5, 5.41) is 22.4. The largest absolute Gasteiger partial charge is 0.380 e. The molecule has 0 bridgehead atoms. The van der Waals surface area contributed by atoms with Gasteiger partial charge in [0.15, 0.2) is 0 Å². The highest BCUT2D eigenvalue weighted by molar-refractivity contribution is 5.61. The molecule has 0 spiro atoms. The van der Waals surface area contributed by atoms with Crippen LogP contribution in [0.3, 0.4) is 0 Å². The molecule has 0 aliphatic carbocycles. The number of anilines is 1. The zero-order valence-corrected chi connectivity index (χ0v) is 9.09. The predicted octanol–water partition coefficient (Wildman–Crippen LogP) is 1.39. The van der Waals surface area contributed by atoms with Crippen molar-refractivity contribution in [2.75, 3.05) is 18.4 Å². The molecule has 0 radical (unpaired) electrons. The Labute approximate surface area is 98.5 Å². The summed E-state index contributed by atoms with van der Waals surface area (Å²) in [6.07, 6.45) is 3.60. The first kappa shape index (κ1) is 12.7. The van der Waals surface area contributed by atoms with Crippen LogP contribution < -0.4 is 11.1 Å². The number of nitrogens with one attached hydrogen (secondary N) is 1. The van der Waals surface area contributed by atoms with Crippen molar-refractivity contribution in [3.05, 3.63) is 46.0 Å². The quantitative estimate of drug-likeness (QED) is 0.453. The first-order chi connectivity index (χ1) is 8.19. The molecule has 3 N–H and O–H groups in total. The number of nitriles is 1. The van der Waals surface area contributed by atoms with Gasteiger partial charge in [-0.25, -0.2) is 0 Å². The van der Waals surface area contributed by atoms with E-state index in [1.807, 2.05) is 12.1 Å². The van der Waals surface area contributed by atoms with Gasteiger partial charge >= 0.3 is 0 Å². The zero-order valence-electron chi connectivity index (χ0n) is 9.09. The van der Waals surface area contributed by atoms with Gasteiger partial charge in [-0.05, 0) is 6.07 Å². The summed E-state index contributed by atoms with van der Waals surface area (Å²) < 4.78 is 0. The van der Waals surface area contributed by atoms with E-state index in [0.717, 1.165) is 0 Å². The molecule has 17 heavy (non-hydrogen) atoms. The maximum Gasteiger partial charge on any atom is 0.270 e. The minimum absolute atomic E-state index is 0.0930. The van der Waals surface area contributed by atoms with Crippen LogP contribution in [0.25, 0.3) is 0 Å². The third-order valence-electron chi connectivity index (χ3n) is 2.05. The van der Waals surface area contributed by atoms with Crippen molar-refractivity contribution in [2.24, 2.45) is 5.73 Å². The van der Waals surface area contributed by atoms with Gasteiger partial charge in [-0.1, -0.05) is 12.2 Å². The Morgan fingerprint density at radius 1 is 1.53 bits per heavy atom. The van der Waals surface area contributed by atoms with Crippen LogP contribution in [0.4, 0.5) is 11.4 Å². The first-order valence-electron chi connectivity index (χ1n) is 4.96. The van der Waals surface area contributed by atoms with Gasteiger partial charge in [-0.3, -0.25) is 10.1 Å². The van der Waals surface area contributed by atoms with Gasteiger partial charge in [-0.2, -0.15) is 5.26 Å². The molecular weight excluding hydrogens is 220 g/mol. The summed E-state index contributed by atoms with van der Waals surface area (Å²) in [6.45, 7) is 0.969. The molecule has 6 nitrogen and oxygen atoms in total. The fraction of sp³-hybridized carbons (Fsp3) is 0.182. The second kappa shape index (κ2) is 6.25. The van der Waals surface area contributed by atoms with Gasteiger partial charge in [0.2, 0.25) is 0 Å². The molecule has 0 aromatic heterocycles. The van der Waals surface area contributed by atoms with Crippen LogP contribution >= 0.6 is 0 Å².